The number of rotatable bonds is 7. The van der Waals surface area contributed by atoms with E-state index in [1.54, 1.807) is 13.2 Å². The first-order valence-corrected chi connectivity index (χ1v) is 6.38. The summed E-state index contributed by atoms with van der Waals surface area (Å²) in [7, 11) is 1.65. The molecule has 1 aromatic carbocycles. The molecule has 2 N–H and O–H groups in total. The van der Waals surface area contributed by atoms with Crippen molar-refractivity contribution in [3.63, 3.8) is 0 Å². The number of benzene rings is 1. The number of hydrogen-bond acceptors (Lipinski definition) is 3. The van der Waals surface area contributed by atoms with Crippen molar-refractivity contribution in [2.24, 2.45) is 5.73 Å². The van der Waals surface area contributed by atoms with Gasteiger partial charge < -0.3 is 15.4 Å². The molecule has 1 unspecified atom stereocenters. The van der Waals surface area contributed by atoms with Crippen molar-refractivity contribution >= 4 is 5.69 Å². The smallest absolute Gasteiger partial charge is 0.146 e. The fourth-order valence-electron chi connectivity index (χ4n) is 2.01. The van der Waals surface area contributed by atoms with Crippen LogP contribution in [0.4, 0.5) is 10.1 Å². The van der Waals surface area contributed by atoms with Crippen LogP contribution < -0.4 is 10.6 Å². The van der Waals surface area contributed by atoms with Gasteiger partial charge in [-0.3, -0.25) is 0 Å². The monoisotopic (exact) mass is 254 g/mol. The predicted molar refractivity (Wildman–Crippen MR) is 73.3 cm³/mol. The topological polar surface area (TPSA) is 38.5 Å². The standard InChI is InChI=1S/C14H23FN2O/c1-4-11(2)17(8-9-18-3)14-12(10-16)6-5-7-13(14)15/h5-7,11H,4,8-10,16H2,1-3H3. The highest BCUT2D eigenvalue weighted by molar-refractivity contribution is 5.55. The molecule has 3 nitrogen and oxygen atoms in total. The lowest BCUT2D eigenvalue weighted by Crippen LogP contribution is -2.37. The molecule has 0 aliphatic heterocycles. The van der Waals surface area contributed by atoms with Crippen LogP contribution in [0, 0.1) is 5.82 Å². The second kappa shape index (κ2) is 7.34. The Morgan fingerprint density at radius 2 is 2.17 bits per heavy atom. The van der Waals surface area contributed by atoms with Gasteiger partial charge in [-0.2, -0.15) is 0 Å². The zero-order valence-corrected chi connectivity index (χ0v) is 11.4. The van der Waals surface area contributed by atoms with Crippen molar-refractivity contribution in [2.75, 3.05) is 25.2 Å². The summed E-state index contributed by atoms with van der Waals surface area (Å²) in [6.45, 7) is 5.75. The first kappa shape index (κ1) is 14.9. The summed E-state index contributed by atoms with van der Waals surface area (Å²) in [6, 6.07) is 5.31. The fraction of sp³-hybridized carbons (Fsp3) is 0.571. The van der Waals surface area contributed by atoms with Gasteiger partial charge in [0.05, 0.1) is 12.3 Å². The quantitative estimate of drug-likeness (QED) is 0.812. The van der Waals surface area contributed by atoms with E-state index in [-0.39, 0.29) is 11.9 Å². The Kier molecular flexibility index (Phi) is 6.09. The van der Waals surface area contributed by atoms with Gasteiger partial charge in [0.15, 0.2) is 0 Å². The number of halogens is 1. The second-order valence-corrected chi connectivity index (χ2v) is 4.40. The maximum atomic E-state index is 14.1. The van der Waals surface area contributed by atoms with E-state index >= 15 is 0 Å². The SMILES string of the molecule is CCC(C)N(CCOC)c1c(F)cccc1CN. The van der Waals surface area contributed by atoms with Crippen molar-refractivity contribution in [3.8, 4) is 0 Å². The maximum Gasteiger partial charge on any atom is 0.146 e. The van der Waals surface area contributed by atoms with Crippen LogP contribution in [0.3, 0.4) is 0 Å². The van der Waals surface area contributed by atoms with E-state index < -0.39 is 0 Å². The highest BCUT2D eigenvalue weighted by Crippen LogP contribution is 2.26. The molecule has 1 atom stereocenters. The molecule has 0 aliphatic rings. The van der Waals surface area contributed by atoms with Gasteiger partial charge in [-0.1, -0.05) is 19.1 Å². The summed E-state index contributed by atoms with van der Waals surface area (Å²) in [4.78, 5) is 2.04. The number of anilines is 1. The second-order valence-electron chi connectivity index (χ2n) is 4.40. The number of methoxy groups -OCH3 is 1. The first-order valence-electron chi connectivity index (χ1n) is 6.38. The number of hydrogen-bond donors (Lipinski definition) is 1. The lowest BCUT2D eigenvalue weighted by Gasteiger charge is -2.32. The number of nitrogens with zero attached hydrogens (tertiary/aromatic N) is 1. The summed E-state index contributed by atoms with van der Waals surface area (Å²) in [5, 5.41) is 0. The van der Waals surface area contributed by atoms with E-state index in [4.69, 9.17) is 10.5 Å². The summed E-state index contributed by atoms with van der Waals surface area (Å²) in [5.41, 5.74) is 7.16. The lowest BCUT2D eigenvalue weighted by molar-refractivity contribution is 0.203. The van der Waals surface area contributed by atoms with Gasteiger partial charge in [-0.15, -0.1) is 0 Å². The van der Waals surface area contributed by atoms with Crippen LogP contribution in [0.5, 0.6) is 0 Å². The van der Waals surface area contributed by atoms with Gasteiger partial charge in [-0.25, -0.2) is 4.39 Å². The first-order chi connectivity index (χ1) is 8.65. The van der Waals surface area contributed by atoms with Gasteiger partial charge >= 0.3 is 0 Å². The van der Waals surface area contributed by atoms with Crippen molar-refractivity contribution in [1.82, 2.24) is 0 Å². The zero-order chi connectivity index (χ0) is 13.5. The maximum absolute atomic E-state index is 14.1. The van der Waals surface area contributed by atoms with Gasteiger partial charge in [0.1, 0.15) is 5.82 Å². The Bertz CT molecular complexity index is 371. The molecule has 4 heteroatoms. The van der Waals surface area contributed by atoms with Crippen LogP contribution in [0.2, 0.25) is 0 Å². The van der Waals surface area contributed by atoms with Gasteiger partial charge in [0.25, 0.3) is 0 Å². The van der Waals surface area contributed by atoms with Crippen LogP contribution in [0.25, 0.3) is 0 Å². The van der Waals surface area contributed by atoms with E-state index in [0.29, 0.717) is 25.4 Å². The third-order valence-electron chi connectivity index (χ3n) is 3.24. The molecule has 0 saturated heterocycles. The summed E-state index contributed by atoms with van der Waals surface area (Å²) in [6.07, 6.45) is 0.946. The van der Waals surface area contributed by atoms with Gasteiger partial charge in [0.2, 0.25) is 0 Å². The van der Waals surface area contributed by atoms with E-state index in [1.165, 1.54) is 6.07 Å². The summed E-state index contributed by atoms with van der Waals surface area (Å²) < 4.78 is 19.2. The highest BCUT2D eigenvalue weighted by atomic mass is 19.1. The summed E-state index contributed by atoms with van der Waals surface area (Å²) in [5.74, 6) is -0.214. The van der Waals surface area contributed by atoms with Gasteiger partial charge in [-0.05, 0) is 25.0 Å². The molecule has 1 rings (SSSR count). The van der Waals surface area contributed by atoms with Crippen molar-refractivity contribution in [1.29, 1.82) is 0 Å². The van der Waals surface area contributed by atoms with Gasteiger partial charge in [0, 0.05) is 26.2 Å². The average Bonchev–Trinajstić information content (AvgIpc) is 2.39. The van der Waals surface area contributed by atoms with Crippen molar-refractivity contribution in [2.45, 2.75) is 32.9 Å². The Hall–Kier alpha value is -1.13. The van der Waals surface area contributed by atoms with Crippen LogP contribution >= 0.6 is 0 Å². The van der Waals surface area contributed by atoms with E-state index in [0.717, 1.165) is 12.0 Å². The van der Waals surface area contributed by atoms with Crippen LogP contribution in [0.1, 0.15) is 25.8 Å². The molecule has 0 bridgehead atoms. The number of nitrogens with two attached hydrogens (primary N) is 1. The van der Waals surface area contributed by atoms with Crippen LogP contribution in [-0.4, -0.2) is 26.3 Å². The molecular formula is C14H23FN2O. The molecule has 1 aromatic rings. The highest BCUT2D eigenvalue weighted by Gasteiger charge is 2.19. The largest absolute Gasteiger partial charge is 0.383 e. The molecule has 18 heavy (non-hydrogen) atoms. The molecule has 0 heterocycles. The minimum Gasteiger partial charge on any atom is -0.383 e. The normalized spacial score (nSPS) is 12.5. The Labute approximate surface area is 109 Å². The molecule has 0 aliphatic carbocycles. The molecule has 0 saturated carbocycles. The minimum atomic E-state index is -0.214. The molecule has 0 spiro atoms. The Morgan fingerprint density at radius 3 is 2.72 bits per heavy atom. The van der Waals surface area contributed by atoms with Crippen LogP contribution in [0.15, 0.2) is 18.2 Å². The number of para-hydroxylation sites is 1. The Balaban J connectivity index is 3.10. The zero-order valence-electron chi connectivity index (χ0n) is 11.4. The molecule has 0 radical (unpaired) electrons. The molecular weight excluding hydrogens is 231 g/mol. The van der Waals surface area contributed by atoms with E-state index in [1.807, 2.05) is 11.0 Å². The molecule has 102 valence electrons. The molecule has 0 amide bonds. The molecule has 0 fully saturated rings. The number of ether oxygens (including phenoxy) is 1. The van der Waals surface area contributed by atoms with E-state index in [9.17, 15) is 4.39 Å². The van der Waals surface area contributed by atoms with Crippen molar-refractivity contribution < 1.29 is 9.13 Å². The predicted octanol–water partition coefficient (Wildman–Crippen LogP) is 2.54. The van der Waals surface area contributed by atoms with E-state index in [2.05, 4.69) is 13.8 Å². The van der Waals surface area contributed by atoms with Crippen molar-refractivity contribution in [3.05, 3.63) is 29.6 Å². The van der Waals surface area contributed by atoms with Crippen LogP contribution in [-0.2, 0) is 11.3 Å². The lowest BCUT2D eigenvalue weighted by atomic mass is 10.1. The Morgan fingerprint density at radius 1 is 1.44 bits per heavy atom. The average molecular weight is 254 g/mol. The molecule has 0 aromatic heterocycles. The minimum absolute atomic E-state index is 0.214. The summed E-state index contributed by atoms with van der Waals surface area (Å²) >= 11 is 0. The fourth-order valence-corrected chi connectivity index (χ4v) is 2.01. The third kappa shape index (κ3) is 3.43. The third-order valence-corrected chi connectivity index (χ3v) is 3.24.